The Morgan fingerprint density at radius 3 is 2.46 bits per heavy atom. The van der Waals surface area contributed by atoms with E-state index in [2.05, 4.69) is 15.5 Å². The summed E-state index contributed by atoms with van der Waals surface area (Å²) in [5.74, 6) is 2.57. The fraction of sp³-hybridized carbons (Fsp3) is 0.591. The molecule has 0 unspecified atom stereocenters. The van der Waals surface area contributed by atoms with Crippen molar-refractivity contribution in [2.75, 3.05) is 0 Å². The summed E-state index contributed by atoms with van der Waals surface area (Å²) < 4.78 is 11.1. The third-order valence-corrected chi connectivity index (χ3v) is 5.79. The molecule has 0 aliphatic heterocycles. The van der Waals surface area contributed by atoms with Crippen LogP contribution in [0.15, 0.2) is 28.8 Å². The number of nitrogens with one attached hydrogen (secondary N) is 1. The number of hydrogen-bond donors (Lipinski definition) is 1. The van der Waals surface area contributed by atoms with Crippen LogP contribution in [-0.4, -0.2) is 22.2 Å². The van der Waals surface area contributed by atoms with E-state index in [1.165, 1.54) is 0 Å². The zero-order chi connectivity index (χ0) is 19.7. The fourth-order valence-electron chi connectivity index (χ4n) is 4.08. The Hall–Kier alpha value is -2.37. The lowest BCUT2D eigenvalue weighted by Gasteiger charge is -2.29. The van der Waals surface area contributed by atoms with E-state index < -0.39 is 5.41 Å². The van der Waals surface area contributed by atoms with Gasteiger partial charge in [0, 0.05) is 5.92 Å². The molecule has 1 aromatic carbocycles. The highest BCUT2D eigenvalue weighted by molar-refractivity contribution is 5.88. The summed E-state index contributed by atoms with van der Waals surface area (Å²) in [6, 6.07) is 7.70. The second kappa shape index (κ2) is 7.57. The quantitative estimate of drug-likeness (QED) is 0.766. The molecular formula is C22H29N3O3. The first-order valence-corrected chi connectivity index (χ1v) is 10.4. The van der Waals surface area contributed by atoms with E-state index in [4.69, 9.17) is 9.26 Å². The summed E-state index contributed by atoms with van der Waals surface area (Å²) in [6.45, 7) is 5.92. The van der Waals surface area contributed by atoms with Crippen molar-refractivity contribution in [2.45, 2.75) is 82.8 Å². The van der Waals surface area contributed by atoms with Crippen LogP contribution in [0.1, 0.15) is 88.5 Å². The van der Waals surface area contributed by atoms with Gasteiger partial charge in [0.05, 0.1) is 11.5 Å². The van der Waals surface area contributed by atoms with Gasteiger partial charge in [0.1, 0.15) is 11.8 Å². The van der Waals surface area contributed by atoms with E-state index in [0.29, 0.717) is 11.8 Å². The Bertz CT molecular complexity index is 818. The molecule has 1 heterocycles. The highest BCUT2D eigenvalue weighted by atomic mass is 16.5. The first-order valence-electron chi connectivity index (χ1n) is 10.4. The smallest absolute Gasteiger partial charge is 0.248 e. The molecule has 6 nitrogen and oxygen atoms in total. The van der Waals surface area contributed by atoms with Gasteiger partial charge in [-0.05, 0) is 64.2 Å². The largest absolute Gasteiger partial charge is 0.491 e. The zero-order valence-corrected chi connectivity index (χ0v) is 16.9. The lowest BCUT2D eigenvalue weighted by Crippen LogP contribution is -2.43. The Kier molecular flexibility index (Phi) is 5.13. The molecule has 1 N–H and O–H groups in total. The number of nitrogens with zero attached hydrogens (tertiary/aromatic N) is 2. The fourth-order valence-corrected chi connectivity index (χ4v) is 4.08. The maximum atomic E-state index is 13.3. The van der Waals surface area contributed by atoms with Gasteiger partial charge < -0.3 is 14.6 Å². The van der Waals surface area contributed by atoms with Crippen LogP contribution in [0.4, 0.5) is 0 Å². The summed E-state index contributed by atoms with van der Waals surface area (Å²) in [6.07, 6.45) is 6.20. The molecule has 0 spiro atoms. The first kappa shape index (κ1) is 19.0. The Morgan fingerprint density at radius 2 is 1.86 bits per heavy atom. The molecule has 28 heavy (non-hydrogen) atoms. The zero-order valence-electron chi connectivity index (χ0n) is 16.9. The van der Waals surface area contributed by atoms with Gasteiger partial charge in [-0.3, -0.25) is 4.79 Å². The first-order chi connectivity index (χ1) is 13.5. The highest BCUT2D eigenvalue weighted by Gasteiger charge is 2.43. The van der Waals surface area contributed by atoms with Crippen LogP contribution >= 0.6 is 0 Å². The number of carbonyl (C=O) groups excluding carboxylic acids is 1. The van der Waals surface area contributed by atoms with Crippen LogP contribution in [0.5, 0.6) is 5.75 Å². The molecule has 6 heteroatoms. The van der Waals surface area contributed by atoms with Crippen molar-refractivity contribution in [1.82, 2.24) is 15.5 Å². The average molecular weight is 383 g/mol. The average Bonchev–Trinajstić information content (AvgIpc) is 3.19. The number of benzene rings is 1. The molecule has 0 radical (unpaired) electrons. The van der Waals surface area contributed by atoms with E-state index in [1.54, 1.807) is 0 Å². The number of hydrogen-bond acceptors (Lipinski definition) is 5. The Balaban J connectivity index is 1.50. The van der Waals surface area contributed by atoms with E-state index in [-0.39, 0.29) is 18.1 Å². The summed E-state index contributed by atoms with van der Waals surface area (Å²) >= 11 is 0. The molecule has 1 amide bonds. The van der Waals surface area contributed by atoms with Crippen molar-refractivity contribution in [2.24, 2.45) is 0 Å². The van der Waals surface area contributed by atoms with Gasteiger partial charge in [-0.15, -0.1) is 0 Å². The molecule has 4 rings (SSSR count). The summed E-state index contributed by atoms with van der Waals surface area (Å²) in [4.78, 5) is 17.8. The molecule has 150 valence electrons. The molecule has 0 bridgehead atoms. The Morgan fingerprint density at radius 1 is 1.18 bits per heavy atom. The SMILES string of the molecule is CC(C)Oc1ccc(C2(C(=O)N[C@@H](C)c3nc(C4CC4)no3)CCCC2)cc1. The van der Waals surface area contributed by atoms with Crippen LogP contribution in [-0.2, 0) is 10.2 Å². The van der Waals surface area contributed by atoms with Crippen LogP contribution in [0.3, 0.4) is 0 Å². The maximum absolute atomic E-state index is 13.3. The van der Waals surface area contributed by atoms with Crippen molar-refractivity contribution in [3.63, 3.8) is 0 Å². The maximum Gasteiger partial charge on any atom is 0.248 e. The second-order valence-corrected chi connectivity index (χ2v) is 8.44. The van der Waals surface area contributed by atoms with E-state index in [0.717, 1.165) is 55.7 Å². The van der Waals surface area contributed by atoms with E-state index in [9.17, 15) is 4.79 Å². The third-order valence-electron chi connectivity index (χ3n) is 5.79. The number of aromatic nitrogens is 2. The normalized spacial score (nSPS) is 19.6. The number of amides is 1. The van der Waals surface area contributed by atoms with Crippen LogP contribution in [0.25, 0.3) is 0 Å². The van der Waals surface area contributed by atoms with E-state index in [1.807, 2.05) is 45.0 Å². The molecule has 1 atom stereocenters. The lowest BCUT2D eigenvalue weighted by atomic mass is 9.77. The molecule has 2 aromatic rings. The lowest BCUT2D eigenvalue weighted by molar-refractivity contribution is -0.127. The van der Waals surface area contributed by atoms with Gasteiger partial charge in [0.2, 0.25) is 11.8 Å². The predicted molar refractivity (Wildman–Crippen MR) is 105 cm³/mol. The summed E-state index contributed by atoms with van der Waals surface area (Å²) in [7, 11) is 0. The molecule has 1 aromatic heterocycles. The molecule has 2 fully saturated rings. The van der Waals surface area contributed by atoms with Crippen molar-refractivity contribution in [3.05, 3.63) is 41.5 Å². The summed E-state index contributed by atoms with van der Waals surface area (Å²) in [5.41, 5.74) is 0.555. The monoisotopic (exact) mass is 383 g/mol. The summed E-state index contributed by atoms with van der Waals surface area (Å²) in [5, 5.41) is 7.19. The van der Waals surface area contributed by atoms with Crippen LogP contribution in [0, 0.1) is 0 Å². The van der Waals surface area contributed by atoms with Crippen molar-refractivity contribution < 1.29 is 14.1 Å². The number of carbonyl (C=O) groups is 1. The Labute approximate surface area is 166 Å². The van der Waals surface area contributed by atoms with Crippen molar-refractivity contribution in [1.29, 1.82) is 0 Å². The predicted octanol–water partition coefficient (Wildman–Crippen LogP) is 4.42. The minimum Gasteiger partial charge on any atom is -0.491 e. The van der Waals surface area contributed by atoms with Crippen LogP contribution in [0.2, 0.25) is 0 Å². The second-order valence-electron chi connectivity index (χ2n) is 8.44. The minimum atomic E-state index is -0.496. The molecular weight excluding hydrogens is 354 g/mol. The van der Waals surface area contributed by atoms with Crippen molar-refractivity contribution in [3.8, 4) is 5.75 Å². The van der Waals surface area contributed by atoms with Gasteiger partial charge in [-0.1, -0.05) is 30.1 Å². The van der Waals surface area contributed by atoms with Gasteiger partial charge in [-0.25, -0.2) is 0 Å². The standard InChI is InChI=1S/C22H29N3O3/c1-14(2)27-18-10-8-17(9-11-18)22(12-4-5-13-22)21(26)23-15(3)20-24-19(25-28-20)16-6-7-16/h8-11,14-16H,4-7,12-13H2,1-3H3,(H,23,26)/t15-/m0/s1. The third kappa shape index (κ3) is 3.77. The highest BCUT2D eigenvalue weighted by Crippen LogP contribution is 2.42. The molecule has 2 saturated carbocycles. The van der Waals surface area contributed by atoms with Gasteiger partial charge in [0.15, 0.2) is 5.82 Å². The molecule has 2 aliphatic carbocycles. The van der Waals surface area contributed by atoms with Gasteiger partial charge >= 0.3 is 0 Å². The van der Waals surface area contributed by atoms with Gasteiger partial charge in [-0.2, -0.15) is 4.98 Å². The molecule has 2 aliphatic rings. The minimum absolute atomic E-state index is 0.0428. The van der Waals surface area contributed by atoms with Crippen LogP contribution < -0.4 is 10.1 Å². The molecule has 0 saturated heterocycles. The van der Waals surface area contributed by atoms with Gasteiger partial charge in [0.25, 0.3) is 0 Å². The number of ether oxygens (including phenoxy) is 1. The van der Waals surface area contributed by atoms with Crippen molar-refractivity contribution >= 4 is 5.91 Å². The number of rotatable bonds is 7. The van der Waals surface area contributed by atoms with E-state index >= 15 is 0 Å². The topological polar surface area (TPSA) is 77.2 Å².